The van der Waals surface area contributed by atoms with Crippen LogP contribution in [0.1, 0.15) is 58.7 Å². The van der Waals surface area contributed by atoms with Crippen molar-refractivity contribution in [1.82, 2.24) is 4.57 Å². The highest BCUT2D eigenvalue weighted by Gasteiger charge is 2.24. The van der Waals surface area contributed by atoms with Crippen molar-refractivity contribution in [1.29, 1.82) is 0 Å². The van der Waals surface area contributed by atoms with Crippen molar-refractivity contribution in [3.05, 3.63) is 94.8 Å². The Hall–Kier alpha value is -3.47. The number of aryl methyl sites for hydroxylation is 1. The minimum atomic E-state index is -0.538. The lowest BCUT2D eigenvalue weighted by molar-refractivity contribution is -0.143. The zero-order valence-corrected chi connectivity index (χ0v) is 18.1. The first kappa shape index (κ1) is 22.2. The highest BCUT2D eigenvalue weighted by molar-refractivity contribution is 5.99. The number of carbonyl (C=O) groups excluding carboxylic acids is 3. The van der Waals surface area contributed by atoms with Gasteiger partial charge in [-0.2, -0.15) is 0 Å². The molecule has 0 radical (unpaired) electrons. The van der Waals surface area contributed by atoms with E-state index in [0.29, 0.717) is 5.56 Å². The second kappa shape index (κ2) is 10.0. The van der Waals surface area contributed by atoms with Crippen molar-refractivity contribution in [2.75, 3.05) is 6.61 Å². The molecule has 1 aromatic heterocycles. The zero-order valence-electron chi connectivity index (χ0n) is 18.1. The van der Waals surface area contributed by atoms with E-state index in [2.05, 4.69) is 28.8 Å². The summed E-state index contributed by atoms with van der Waals surface area (Å²) in [5, 5.41) is 0. The predicted molar refractivity (Wildman–Crippen MR) is 119 cm³/mol. The fourth-order valence-electron chi connectivity index (χ4n) is 3.79. The van der Waals surface area contributed by atoms with Crippen LogP contribution in [0.3, 0.4) is 0 Å². The molecule has 0 unspecified atom stereocenters. The van der Waals surface area contributed by atoms with Gasteiger partial charge in [-0.05, 0) is 38.0 Å². The topological polar surface area (TPSA) is 65.4 Å². The summed E-state index contributed by atoms with van der Waals surface area (Å²) >= 11 is 0. The van der Waals surface area contributed by atoms with Crippen molar-refractivity contribution < 1.29 is 19.1 Å². The van der Waals surface area contributed by atoms with Crippen LogP contribution in [0.2, 0.25) is 0 Å². The van der Waals surface area contributed by atoms with E-state index < -0.39 is 5.97 Å². The highest BCUT2D eigenvalue weighted by Crippen LogP contribution is 2.31. The van der Waals surface area contributed by atoms with Crippen LogP contribution in [-0.2, 0) is 14.3 Å². The van der Waals surface area contributed by atoms with E-state index in [1.807, 2.05) is 56.3 Å². The standard InChI is InChI=1S/C26H27NO4/c1-18-16-23(24(29)17-31-25(30)15-14-19(2)28)20(3)27(18)26(21-10-6-4-7-11-21)22-12-8-5-9-13-22/h4-13,16,26H,14-15,17H2,1-3H3. The molecule has 0 aliphatic rings. The minimum Gasteiger partial charge on any atom is -0.457 e. The lowest BCUT2D eigenvalue weighted by Gasteiger charge is -2.24. The summed E-state index contributed by atoms with van der Waals surface area (Å²) in [6.45, 7) is 4.98. The normalized spacial score (nSPS) is 10.8. The fraction of sp³-hybridized carbons (Fsp3) is 0.269. The first-order chi connectivity index (χ1) is 14.9. The summed E-state index contributed by atoms with van der Waals surface area (Å²) in [6, 6.07) is 22.1. The number of esters is 1. The van der Waals surface area contributed by atoms with Gasteiger partial charge in [0.25, 0.3) is 0 Å². The summed E-state index contributed by atoms with van der Waals surface area (Å²) in [4.78, 5) is 35.6. The van der Waals surface area contributed by atoms with Crippen molar-refractivity contribution >= 4 is 17.5 Å². The van der Waals surface area contributed by atoms with Gasteiger partial charge in [-0.25, -0.2) is 0 Å². The molecule has 5 heteroatoms. The average molecular weight is 418 g/mol. The SMILES string of the molecule is CC(=O)CCC(=O)OCC(=O)c1cc(C)n(C(c2ccccc2)c2ccccc2)c1C. The maximum Gasteiger partial charge on any atom is 0.306 e. The molecule has 0 fully saturated rings. The summed E-state index contributed by atoms with van der Waals surface area (Å²) in [5.41, 5.74) is 4.53. The molecule has 2 aromatic carbocycles. The Morgan fingerprint density at radius 1 is 0.871 bits per heavy atom. The largest absolute Gasteiger partial charge is 0.457 e. The van der Waals surface area contributed by atoms with Gasteiger partial charge in [0.2, 0.25) is 5.78 Å². The molecule has 1 heterocycles. The van der Waals surface area contributed by atoms with Gasteiger partial charge < -0.3 is 14.1 Å². The van der Waals surface area contributed by atoms with Gasteiger partial charge in [0, 0.05) is 23.4 Å². The van der Waals surface area contributed by atoms with E-state index >= 15 is 0 Å². The Balaban J connectivity index is 1.89. The van der Waals surface area contributed by atoms with Crippen LogP contribution in [0.4, 0.5) is 0 Å². The second-order valence-corrected chi connectivity index (χ2v) is 7.66. The number of hydrogen-bond acceptors (Lipinski definition) is 4. The van der Waals surface area contributed by atoms with E-state index in [1.54, 1.807) is 0 Å². The second-order valence-electron chi connectivity index (χ2n) is 7.66. The third kappa shape index (κ3) is 5.37. The molecule has 0 atom stereocenters. The summed E-state index contributed by atoms with van der Waals surface area (Å²) in [5.74, 6) is -0.876. The number of rotatable bonds is 9. The Morgan fingerprint density at radius 3 is 1.94 bits per heavy atom. The first-order valence-electron chi connectivity index (χ1n) is 10.3. The molecule has 0 amide bonds. The van der Waals surface area contributed by atoms with E-state index in [4.69, 9.17) is 4.74 Å². The zero-order chi connectivity index (χ0) is 22.4. The Labute approximate surface area is 182 Å². The number of benzene rings is 2. The van der Waals surface area contributed by atoms with Crippen LogP contribution in [0.5, 0.6) is 0 Å². The molecule has 160 valence electrons. The first-order valence-corrected chi connectivity index (χ1v) is 10.3. The van der Waals surface area contributed by atoms with Crippen molar-refractivity contribution in [3.63, 3.8) is 0 Å². The summed E-state index contributed by atoms with van der Waals surface area (Å²) < 4.78 is 7.24. The molecule has 3 aromatic rings. The smallest absolute Gasteiger partial charge is 0.306 e. The Kier molecular flexibility index (Phi) is 7.19. The molecule has 0 saturated carbocycles. The maximum atomic E-state index is 12.8. The average Bonchev–Trinajstić information content (AvgIpc) is 3.06. The van der Waals surface area contributed by atoms with Crippen LogP contribution in [0, 0.1) is 13.8 Å². The predicted octanol–water partition coefficient (Wildman–Crippen LogP) is 4.84. The van der Waals surface area contributed by atoms with Crippen LogP contribution in [0.15, 0.2) is 66.7 Å². The lowest BCUT2D eigenvalue weighted by atomic mass is 9.98. The van der Waals surface area contributed by atoms with Crippen LogP contribution >= 0.6 is 0 Å². The van der Waals surface area contributed by atoms with Gasteiger partial charge in [0.15, 0.2) is 6.61 Å². The third-order valence-electron chi connectivity index (χ3n) is 5.32. The van der Waals surface area contributed by atoms with E-state index in [-0.39, 0.29) is 37.1 Å². The summed E-state index contributed by atoms with van der Waals surface area (Å²) in [6.07, 6.45) is 0.114. The Morgan fingerprint density at radius 2 is 1.42 bits per heavy atom. The van der Waals surface area contributed by atoms with Crippen molar-refractivity contribution in [2.24, 2.45) is 0 Å². The molecule has 0 bridgehead atoms. The van der Waals surface area contributed by atoms with Crippen LogP contribution in [0.25, 0.3) is 0 Å². The molecule has 5 nitrogen and oxygen atoms in total. The van der Waals surface area contributed by atoms with Gasteiger partial charge in [-0.15, -0.1) is 0 Å². The molecule has 0 spiro atoms. The number of ketones is 2. The van der Waals surface area contributed by atoms with Crippen molar-refractivity contribution in [2.45, 2.75) is 39.7 Å². The number of Topliss-reactive ketones (excluding diaryl/α,β-unsaturated/α-hetero) is 2. The van der Waals surface area contributed by atoms with E-state index in [9.17, 15) is 14.4 Å². The quantitative estimate of drug-likeness (QED) is 0.369. The van der Waals surface area contributed by atoms with Gasteiger partial charge in [-0.1, -0.05) is 60.7 Å². The van der Waals surface area contributed by atoms with Crippen molar-refractivity contribution in [3.8, 4) is 0 Å². The van der Waals surface area contributed by atoms with Crippen LogP contribution in [-0.4, -0.2) is 28.7 Å². The Bertz CT molecular complexity index is 1030. The molecule has 0 aliphatic heterocycles. The number of ether oxygens (including phenoxy) is 1. The van der Waals surface area contributed by atoms with Crippen LogP contribution < -0.4 is 0 Å². The molecule has 3 rings (SSSR count). The molecule has 0 aliphatic carbocycles. The van der Waals surface area contributed by atoms with Gasteiger partial charge in [0.1, 0.15) is 5.78 Å². The highest BCUT2D eigenvalue weighted by atomic mass is 16.5. The number of carbonyl (C=O) groups is 3. The monoisotopic (exact) mass is 417 g/mol. The van der Waals surface area contributed by atoms with Gasteiger partial charge >= 0.3 is 5.97 Å². The van der Waals surface area contributed by atoms with E-state index in [1.165, 1.54) is 6.92 Å². The molecule has 31 heavy (non-hydrogen) atoms. The number of nitrogens with zero attached hydrogens (tertiary/aromatic N) is 1. The molecular weight excluding hydrogens is 390 g/mol. The lowest BCUT2D eigenvalue weighted by Crippen LogP contribution is -2.17. The molecular formula is C26H27NO4. The summed E-state index contributed by atoms with van der Waals surface area (Å²) in [7, 11) is 0. The third-order valence-corrected chi connectivity index (χ3v) is 5.32. The van der Waals surface area contributed by atoms with Gasteiger partial charge in [0.05, 0.1) is 12.5 Å². The van der Waals surface area contributed by atoms with E-state index in [0.717, 1.165) is 22.5 Å². The number of hydrogen-bond donors (Lipinski definition) is 0. The fourth-order valence-corrected chi connectivity index (χ4v) is 3.79. The minimum absolute atomic E-state index is 0.00821. The van der Waals surface area contributed by atoms with Gasteiger partial charge in [-0.3, -0.25) is 9.59 Å². The molecule has 0 saturated heterocycles. The molecule has 0 N–H and O–H groups in total. The number of aromatic nitrogens is 1. The maximum absolute atomic E-state index is 12.8.